The number of carbonyl (C=O) groups excluding carboxylic acids is 1. The average Bonchev–Trinajstić information content (AvgIpc) is 2.28. The molecule has 0 atom stereocenters. The quantitative estimate of drug-likeness (QED) is 0.798. The summed E-state index contributed by atoms with van der Waals surface area (Å²) in [5.41, 5.74) is 1.66. The summed E-state index contributed by atoms with van der Waals surface area (Å²) in [5, 5.41) is 13.3. The van der Waals surface area contributed by atoms with Gasteiger partial charge in [0, 0.05) is 10.2 Å². The number of aryl methyl sites for hydroxylation is 1. The van der Waals surface area contributed by atoms with Crippen molar-refractivity contribution in [2.24, 2.45) is 0 Å². The van der Waals surface area contributed by atoms with Gasteiger partial charge >= 0.3 is 12.0 Å². The number of nitrogens with one attached hydrogen (secondary N) is 2. The second-order valence-electron chi connectivity index (χ2n) is 3.36. The van der Waals surface area contributed by atoms with E-state index in [9.17, 15) is 9.59 Å². The third kappa shape index (κ3) is 4.44. The first-order chi connectivity index (χ1) is 8.02. The van der Waals surface area contributed by atoms with Crippen molar-refractivity contribution in [2.45, 2.75) is 13.3 Å². The number of carbonyl (C=O) groups is 2. The van der Waals surface area contributed by atoms with Crippen LogP contribution in [-0.4, -0.2) is 23.7 Å². The van der Waals surface area contributed by atoms with Crippen molar-refractivity contribution in [1.29, 1.82) is 0 Å². The number of amides is 2. The second kappa shape index (κ2) is 6.24. The molecule has 0 heterocycles. The number of urea groups is 1. The third-order valence-electron chi connectivity index (χ3n) is 2.10. The third-order valence-corrected chi connectivity index (χ3v) is 2.59. The van der Waals surface area contributed by atoms with Crippen LogP contribution in [-0.2, 0) is 11.2 Å². The minimum atomic E-state index is -1.08. The maximum Gasteiger partial charge on any atom is 0.323 e. The van der Waals surface area contributed by atoms with Crippen molar-refractivity contribution >= 4 is 33.6 Å². The molecular formula is C11H13BrN2O3. The highest BCUT2D eigenvalue weighted by molar-refractivity contribution is 9.10. The van der Waals surface area contributed by atoms with Crippen LogP contribution in [0, 0.1) is 0 Å². The Kier molecular flexibility index (Phi) is 4.96. The Hall–Kier alpha value is -1.56. The lowest BCUT2D eigenvalue weighted by Gasteiger charge is -2.10. The zero-order valence-corrected chi connectivity index (χ0v) is 10.9. The zero-order valence-electron chi connectivity index (χ0n) is 9.29. The molecule has 5 nitrogen and oxygen atoms in total. The van der Waals surface area contributed by atoms with Gasteiger partial charge in [-0.1, -0.05) is 22.9 Å². The van der Waals surface area contributed by atoms with Crippen LogP contribution in [0.2, 0.25) is 0 Å². The fraction of sp³-hybridized carbons (Fsp3) is 0.273. The van der Waals surface area contributed by atoms with E-state index in [1.807, 2.05) is 19.1 Å². The van der Waals surface area contributed by atoms with E-state index >= 15 is 0 Å². The monoisotopic (exact) mass is 300 g/mol. The van der Waals surface area contributed by atoms with Gasteiger partial charge in [0.15, 0.2) is 0 Å². The van der Waals surface area contributed by atoms with E-state index in [1.54, 1.807) is 6.07 Å². The molecule has 0 aliphatic carbocycles. The molecule has 2 amide bonds. The predicted molar refractivity (Wildman–Crippen MR) is 68.2 cm³/mol. The molecule has 1 rings (SSSR count). The molecule has 0 fully saturated rings. The highest BCUT2D eigenvalue weighted by Crippen LogP contribution is 2.21. The number of hydrogen-bond acceptors (Lipinski definition) is 2. The van der Waals surface area contributed by atoms with Gasteiger partial charge in [-0.2, -0.15) is 0 Å². The fourth-order valence-electron chi connectivity index (χ4n) is 1.30. The highest BCUT2D eigenvalue weighted by atomic mass is 79.9. The lowest BCUT2D eigenvalue weighted by Crippen LogP contribution is -2.33. The minimum absolute atomic E-state index is 0.399. The lowest BCUT2D eigenvalue weighted by atomic mass is 10.1. The molecule has 0 aromatic heterocycles. The first kappa shape index (κ1) is 13.5. The van der Waals surface area contributed by atoms with E-state index in [1.165, 1.54) is 0 Å². The van der Waals surface area contributed by atoms with Crippen LogP contribution in [0.4, 0.5) is 10.5 Å². The molecule has 1 aromatic carbocycles. The van der Waals surface area contributed by atoms with Gasteiger partial charge in [-0.25, -0.2) is 4.79 Å². The molecule has 0 spiro atoms. The second-order valence-corrected chi connectivity index (χ2v) is 4.27. The molecule has 3 N–H and O–H groups in total. The number of hydrogen-bond donors (Lipinski definition) is 3. The molecule has 17 heavy (non-hydrogen) atoms. The maximum atomic E-state index is 11.4. The highest BCUT2D eigenvalue weighted by Gasteiger charge is 2.07. The normalized spacial score (nSPS) is 9.76. The van der Waals surface area contributed by atoms with Crippen molar-refractivity contribution in [2.75, 3.05) is 11.9 Å². The molecule has 0 aliphatic rings. The number of carboxylic acids is 1. The molecule has 0 bridgehead atoms. The molecule has 6 heteroatoms. The summed E-state index contributed by atoms with van der Waals surface area (Å²) in [6.45, 7) is 1.58. The minimum Gasteiger partial charge on any atom is -0.480 e. The van der Waals surface area contributed by atoms with Gasteiger partial charge in [0.05, 0.1) is 0 Å². The smallest absolute Gasteiger partial charge is 0.323 e. The van der Waals surface area contributed by atoms with Crippen molar-refractivity contribution in [1.82, 2.24) is 5.32 Å². The number of halogens is 1. The molecule has 1 aromatic rings. The van der Waals surface area contributed by atoms with Crippen LogP contribution in [0.5, 0.6) is 0 Å². The lowest BCUT2D eigenvalue weighted by molar-refractivity contribution is -0.135. The first-order valence-electron chi connectivity index (χ1n) is 5.08. The summed E-state index contributed by atoms with van der Waals surface area (Å²) in [5.74, 6) is -1.08. The van der Waals surface area contributed by atoms with Gasteiger partial charge in [-0.05, 0) is 30.2 Å². The van der Waals surface area contributed by atoms with Crippen LogP contribution in [0.1, 0.15) is 12.5 Å². The van der Waals surface area contributed by atoms with Crippen molar-refractivity contribution < 1.29 is 14.7 Å². The molecular weight excluding hydrogens is 288 g/mol. The van der Waals surface area contributed by atoms with Crippen LogP contribution in [0.25, 0.3) is 0 Å². The Balaban J connectivity index is 2.67. The maximum absolute atomic E-state index is 11.4. The van der Waals surface area contributed by atoms with Crippen LogP contribution >= 0.6 is 15.9 Å². The van der Waals surface area contributed by atoms with Crippen molar-refractivity contribution in [3.63, 3.8) is 0 Å². The fourth-order valence-corrected chi connectivity index (χ4v) is 1.71. The van der Waals surface area contributed by atoms with Crippen LogP contribution in [0.3, 0.4) is 0 Å². The van der Waals surface area contributed by atoms with Crippen LogP contribution < -0.4 is 10.6 Å². The summed E-state index contributed by atoms with van der Waals surface area (Å²) < 4.78 is 0.936. The van der Waals surface area contributed by atoms with Crippen molar-refractivity contribution in [3.8, 4) is 0 Å². The average molecular weight is 301 g/mol. The Morgan fingerprint density at radius 1 is 1.41 bits per heavy atom. The Morgan fingerprint density at radius 3 is 2.71 bits per heavy atom. The van der Waals surface area contributed by atoms with E-state index in [0.29, 0.717) is 5.69 Å². The summed E-state index contributed by atoms with van der Waals surface area (Å²) in [4.78, 5) is 21.6. The molecule has 0 saturated heterocycles. The van der Waals surface area contributed by atoms with Gasteiger partial charge in [0.2, 0.25) is 0 Å². The van der Waals surface area contributed by atoms with Gasteiger partial charge in [0.1, 0.15) is 6.54 Å². The molecule has 0 unspecified atom stereocenters. The molecule has 92 valence electrons. The Labute approximate surface area is 107 Å². The molecule has 0 saturated carbocycles. The number of benzene rings is 1. The number of carboxylic acid groups (broad SMARTS) is 1. The molecule has 0 aliphatic heterocycles. The summed E-state index contributed by atoms with van der Waals surface area (Å²) in [6, 6.07) is 4.96. The van der Waals surface area contributed by atoms with Crippen molar-refractivity contribution in [3.05, 3.63) is 28.2 Å². The van der Waals surface area contributed by atoms with E-state index in [0.717, 1.165) is 16.5 Å². The Bertz CT molecular complexity index is 435. The van der Waals surface area contributed by atoms with Gasteiger partial charge < -0.3 is 15.7 Å². The first-order valence-corrected chi connectivity index (χ1v) is 5.87. The number of anilines is 1. The largest absolute Gasteiger partial charge is 0.480 e. The summed E-state index contributed by atoms with van der Waals surface area (Å²) >= 11 is 3.35. The topological polar surface area (TPSA) is 78.4 Å². The van der Waals surface area contributed by atoms with E-state index in [2.05, 4.69) is 26.6 Å². The van der Waals surface area contributed by atoms with Gasteiger partial charge in [-0.15, -0.1) is 0 Å². The summed E-state index contributed by atoms with van der Waals surface area (Å²) in [6.07, 6.45) is 0.772. The number of rotatable bonds is 4. The van der Waals surface area contributed by atoms with Gasteiger partial charge in [0.25, 0.3) is 0 Å². The number of aliphatic carboxylic acids is 1. The standard InChI is InChI=1S/C11H13BrN2O3/c1-2-7-5-8(12)3-4-9(7)14-11(17)13-6-10(15)16/h3-5H,2,6H2,1H3,(H,15,16)(H2,13,14,17). The van der Waals surface area contributed by atoms with E-state index in [-0.39, 0.29) is 0 Å². The van der Waals surface area contributed by atoms with Gasteiger partial charge in [-0.3, -0.25) is 4.79 Å². The SMILES string of the molecule is CCc1cc(Br)ccc1NC(=O)NCC(=O)O. The molecule has 0 radical (unpaired) electrons. The summed E-state index contributed by atoms with van der Waals surface area (Å²) in [7, 11) is 0. The zero-order chi connectivity index (χ0) is 12.8. The van der Waals surface area contributed by atoms with E-state index < -0.39 is 18.5 Å². The Morgan fingerprint density at radius 2 is 2.12 bits per heavy atom. The van der Waals surface area contributed by atoms with Crippen LogP contribution in [0.15, 0.2) is 22.7 Å². The van der Waals surface area contributed by atoms with E-state index in [4.69, 9.17) is 5.11 Å². The predicted octanol–water partition coefficient (Wildman–Crippen LogP) is 2.22.